The van der Waals surface area contributed by atoms with Gasteiger partial charge in [-0.25, -0.2) is 15.4 Å². The van der Waals surface area contributed by atoms with Crippen LogP contribution in [0.4, 0.5) is 5.69 Å². The Kier molecular flexibility index (Phi) is 7.69. The second-order valence-electron chi connectivity index (χ2n) is 6.96. The van der Waals surface area contributed by atoms with Crippen LogP contribution in [-0.4, -0.2) is 48.6 Å². The highest BCUT2D eigenvalue weighted by molar-refractivity contribution is 8.17. The molecule has 2 unspecified atom stereocenters. The third kappa shape index (κ3) is 5.44. The first-order valence-corrected chi connectivity index (χ1v) is 12.8. The monoisotopic (exact) mass is 490 g/mol. The number of ether oxygens (including phenoxy) is 3. The molecule has 1 aliphatic rings. The number of hydrogen-bond acceptors (Lipinski definition) is 10. The Morgan fingerprint density at radius 3 is 2.72 bits per heavy atom. The lowest BCUT2D eigenvalue weighted by Gasteiger charge is -2.20. The van der Waals surface area contributed by atoms with Crippen LogP contribution in [0.25, 0.3) is 10.6 Å². The molecule has 0 spiro atoms. The number of nitrogens with one attached hydrogen (secondary N) is 2. The minimum atomic E-state index is 0.123. The first-order chi connectivity index (χ1) is 15.6. The summed E-state index contributed by atoms with van der Waals surface area (Å²) >= 11 is 5.30. The maximum atomic E-state index is 5.41. The number of nitrogens with zero attached hydrogens (tertiary/aromatic N) is 2. The van der Waals surface area contributed by atoms with Crippen molar-refractivity contribution in [1.29, 1.82) is 0 Å². The van der Waals surface area contributed by atoms with Gasteiger partial charge in [-0.3, -0.25) is 0 Å². The van der Waals surface area contributed by atoms with E-state index in [2.05, 4.69) is 21.1 Å². The van der Waals surface area contributed by atoms with Crippen molar-refractivity contribution in [3.63, 3.8) is 0 Å². The molecule has 4 rings (SSSR count). The lowest BCUT2D eigenvalue weighted by atomic mass is 10.2. The smallest absolute Gasteiger partial charge is 0.161 e. The second-order valence-corrected chi connectivity index (χ2v) is 10.4. The fourth-order valence-corrected chi connectivity index (χ4v) is 6.55. The van der Waals surface area contributed by atoms with E-state index >= 15 is 0 Å². The van der Waals surface area contributed by atoms with Gasteiger partial charge in [0.25, 0.3) is 0 Å². The minimum absolute atomic E-state index is 0.123. The van der Waals surface area contributed by atoms with Crippen LogP contribution in [0.2, 0.25) is 0 Å². The summed E-state index contributed by atoms with van der Waals surface area (Å²) in [6.07, 6.45) is 0. The third-order valence-corrected chi connectivity index (χ3v) is 8.43. The number of benzene rings is 2. The Morgan fingerprint density at radius 1 is 1.09 bits per heavy atom. The summed E-state index contributed by atoms with van der Waals surface area (Å²) in [5.74, 6) is 3.09. The van der Waals surface area contributed by atoms with Gasteiger partial charge in [-0.15, -0.1) is 23.1 Å². The van der Waals surface area contributed by atoms with Crippen LogP contribution in [0, 0.1) is 0 Å². The van der Waals surface area contributed by atoms with Crippen LogP contribution in [0.1, 0.15) is 5.69 Å². The molecular formula is C22H26N4O3S3. The summed E-state index contributed by atoms with van der Waals surface area (Å²) in [6, 6.07) is 13.9. The molecule has 1 fully saturated rings. The van der Waals surface area contributed by atoms with Gasteiger partial charge in [-0.2, -0.15) is 0 Å². The predicted molar refractivity (Wildman–Crippen MR) is 135 cm³/mol. The Balaban J connectivity index is 1.33. The summed E-state index contributed by atoms with van der Waals surface area (Å²) in [4.78, 5) is 4.82. The minimum Gasteiger partial charge on any atom is -0.497 e. The van der Waals surface area contributed by atoms with Crippen molar-refractivity contribution in [3.05, 3.63) is 53.5 Å². The van der Waals surface area contributed by atoms with E-state index < -0.39 is 0 Å². The van der Waals surface area contributed by atoms with E-state index in [-0.39, 0.29) is 10.2 Å². The molecule has 7 nitrogen and oxygen atoms in total. The zero-order valence-corrected chi connectivity index (χ0v) is 20.8. The summed E-state index contributed by atoms with van der Waals surface area (Å²) < 4.78 is 16.3. The van der Waals surface area contributed by atoms with E-state index in [0.29, 0.717) is 11.5 Å². The van der Waals surface area contributed by atoms with Gasteiger partial charge in [-0.1, -0.05) is 17.8 Å². The molecule has 0 bridgehead atoms. The van der Waals surface area contributed by atoms with E-state index in [1.807, 2.05) is 73.0 Å². The molecule has 1 aromatic heterocycles. The molecule has 0 radical (unpaired) electrons. The van der Waals surface area contributed by atoms with E-state index in [1.165, 1.54) is 0 Å². The average molecular weight is 491 g/mol. The Bertz CT molecular complexity index is 1050. The SMILES string of the molecule is COc1cccc(NC2SC(SCc3csc(-c4ccc(OC)c(OC)c4)n3)NN2C)c1. The van der Waals surface area contributed by atoms with E-state index in [9.17, 15) is 0 Å². The molecule has 1 aliphatic heterocycles. The molecule has 2 atom stereocenters. The number of methoxy groups -OCH3 is 3. The quantitative estimate of drug-likeness (QED) is 0.434. The molecule has 0 aliphatic carbocycles. The lowest BCUT2D eigenvalue weighted by molar-refractivity contribution is 0.267. The number of thioether (sulfide) groups is 2. The predicted octanol–water partition coefficient (Wildman–Crippen LogP) is 4.93. The maximum absolute atomic E-state index is 5.41. The zero-order valence-electron chi connectivity index (χ0n) is 18.3. The van der Waals surface area contributed by atoms with Gasteiger partial charge in [-0.05, 0) is 30.3 Å². The normalized spacial score (nSPS) is 18.5. The van der Waals surface area contributed by atoms with Crippen LogP contribution in [-0.2, 0) is 5.75 Å². The summed E-state index contributed by atoms with van der Waals surface area (Å²) in [6.45, 7) is 0. The molecule has 3 aromatic rings. The van der Waals surface area contributed by atoms with Crippen LogP contribution in [0.3, 0.4) is 0 Å². The Labute approximate surface area is 200 Å². The van der Waals surface area contributed by atoms with E-state index in [1.54, 1.807) is 32.7 Å². The number of thiazole rings is 1. The third-order valence-electron chi connectivity index (χ3n) is 4.84. The van der Waals surface area contributed by atoms with Crippen molar-refractivity contribution in [3.8, 4) is 27.8 Å². The molecule has 2 heterocycles. The van der Waals surface area contributed by atoms with Crippen molar-refractivity contribution in [1.82, 2.24) is 15.4 Å². The van der Waals surface area contributed by atoms with Crippen molar-refractivity contribution < 1.29 is 14.2 Å². The van der Waals surface area contributed by atoms with Crippen LogP contribution in [0.15, 0.2) is 47.8 Å². The molecule has 0 saturated carbocycles. The van der Waals surface area contributed by atoms with Crippen molar-refractivity contribution in [2.75, 3.05) is 33.7 Å². The number of rotatable bonds is 9. The molecule has 170 valence electrons. The van der Waals surface area contributed by atoms with Crippen LogP contribution >= 0.6 is 34.9 Å². The number of aromatic nitrogens is 1. The number of hydrazine groups is 1. The molecule has 10 heteroatoms. The van der Waals surface area contributed by atoms with Crippen LogP contribution < -0.4 is 25.0 Å². The van der Waals surface area contributed by atoms with Crippen LogP contribution in [0.5, 0.6) is 17.2 Å². The fourth-order valence-electron chi connectivity index (χ4n) is 3.17. The molecule has 32 heavy (non-hydrogen) atoms. The standard InChI is InChI=1S/C22H26N4O3S3/c1-26-21(24-15-6-5-7-17(11-15)27-2)32-22(25-26)31-13-16-12-30-20(23-16)14-8-9-18(28-3)19(10-14)29-4/h5-12,21-22,24-25H,13H2,1-4H3. The van der Waals surface area contributed by atoms with Gasteiger partial charge >= 0.3 is 0 Å². The van der Waals surface area contributed by atoms with Crippen molar-refractivity contribution in [2.45, 2.75) is 16.0 Å². The number of anilines is 1. The lowest BCUT2D eigenvalue weighted by Crippen LogP contribution is -2.38. The van der Waals surface area contributed by atoms with Gasteiger partial charge in [0.1, 0.15) is 21.0 Å². The fraction of sp³-hybridized carbons (Fsp3) is 0.318. The molecular weight excluding hydrogens is 464 g/mol. The second kappa shape index (κ2) is 10.7. The summed E-state index contributed by atoms with van der Waals surface area (Å²) in [5.41, 5.74) is 6.75. The highest BCUT2D eigenvalue weighted by Crippen LogP contribution is 2.37. The average Bonchev–Trinajstić information content (AvgIpc) is 3.44. The Hall–Kier alpha value is -2.11. The maximum Gasteiger partial charge on any atom is 0.161 e. The summed E-state index contributed by atoms with van der Waals surface area (Å²) in [7, 11) is 7.01. The van der Waals surface area contributed by atoms with Crippen molar-refractivity contribution in [2.24, 2.45) is 0 Å². The topological polar surface area (TPSA) is 67.9 Å². The van der Waals surface area contributed by atoms with Gasteiger partial charge in [0.05, 0.1) is 27.0 Å². The largest absolute Gasteiger partial charge is 0.497 e. The van der Waals surface area contributed by atoms with Gasteiger partial charge in [0, 0.05) is 35.5 Å². The number of hydrogen-bond donors (Lipinski definition) is 2. The first-order valence-electron chi connectivity index (χ1n) is 9.93. The van der Waals surface area contributed by atoms with Gasteiger partial charge in [0.15, 0.2) is 11.5 Å². The highest BCUT2D eigenvalue weighted by Gasteiger charge is 2.30. The molecule has 2 N–H and O–H groups in total. The van der Waals surface area contributed by atoms with Gasteiger partial charge in [0.2, 0.25) is 0 Å². The molecule has 1 saturated heterocycles. The molecule has 0 amide bonds. The van der Waals surface area contributed by atoms with E-state index in [0.717, 1.165) is 33.5 Å². The first kappa shape index (κ1) is 23.1. The zero-order chi connectivity index (χ0) is 22.5. The Morgan fingerprint density at radius 2 is 1.94 bits per heavy atom. The molecule has 2 aromatic carbocycles. The highest BCUT2D eigenvalue weighted by atomic mass is 32.2. The van der Waals surface area contributed by atoms with E-state index in [4.69, 9.17) is 19.2 Å². The van der Waals surface area contributed by atoms with Crippen molar-refractivity contribution >= 4 is 40.5 Å². The van der Waals surface area contributed by atoms with Gasteiger partial charge < -0.3 is 19.5 Å². The summed E-state index contributed by atoms with van der Waals surface area (Å²) in [5, 5.41) is 8.73.